The number of aliphatic hydroxyl groups is 1. The summed E-state index contributed by atoms with van der Waals surface area (Å²) < 4.78 is 51.4. The van der Waals surface area contributed by atoms with Gasteiger partial charge in [0, 0.05) is 6.54 Å². The van der Waals surface area contributed by atoms with Crippen molar-refractivity contribution >= 4 is 5.91 Å². The molecule has 0 heterocycles. The molecule has 0 fully saturated rings. The van der Waals surface area contributed by atoms with Gasteiger partial charge in [-0.25, -0.2) is 4.39 Å². The van der Waals surface area contributed by atoms with E-state index in [1.54, 1.807) is 13.8 Å². The predicted molar refractivity (Wildman–Crippen MR) is 69.3 cm³/mol. The van der Waals surface area contributed by atoms with Crippen molar-refractivity contribution in [2.24, 2.45) is 0 Å². The van der Waals surface area contributed by atoms with Gasteiger partial charge in [0.25, 0.3) is 5.91 Å². The third-order valence-electron chi connectivity index (χ3n) is 3.43. The third-order valence-corrected chi connectivity index (χ3v) is 3.43. The van der Waals surface area contributed by atoms with Crippen LogP contribution in [0, 0.1) is 5.82 Å². The fraction of sp³-hybridized carbons (Fsp3) is 0.500. The van der Waals surface area contributed by atoms with E-state index in [9.17, 15) is 27.5 Å². The summed E-state index contributed by atoms with van der Waals surface area (Å²) in [6.45, 7) is 3.23. The normalized spacial score (nSPS) is 12.3. The molecular weight excluding hydrogens is 290 g/mol. The second kappa shape index (κ2) is 6.43. The Morgan fingerprint density at radius 2 is 1.81 bits per heavy atom. The molecule has 0 aromatic heterocycles. The zero-order chi connectivity index (χ0) is 16.3. The number of halogens is 4. The molecule has 0 bridgehead atoms. The highest BCUT2D eigenvalue weighted by atomic mass is 19.4. The van der Waals surface area contributed by atoms with E-state index in [1.165, 1.54) is 0 Å². The molecule has 0 aliphatic heterocycles. The van der Waals surface area contributed by atoms with Gasteiger partial charge in [-0.3, -0.25) is 4.79 Å². The molecule has 3 nitrogen and oxygen atoms in total. The number of alkyl halides is 3. The summed E-state index contributed by atoms with van der Waals surface area (Å²) in [6.07, 6.45) is -4.14. The van der Waals surface area contributed by atoms with Crippen LogP contribution in [0.2, 0.25) is 0 Å². The Morgan fingerprint density at radius 3 is 2.29 bits per heavy atom. The molecule has 118 valence electrons. The fourth-order valence-electron chi connectivity index (χ4n) is 1.79. The molecule has 1 rings (SSSR count). The highest BCUT2D eigenvalue weighted by molar-refractivity contribution is 5.95. The average Bonchev–Trinajstić information content (AvgIpc) is 2.43. The molecular formula is C14H17F4NO2. The first-order chi connectivity index (χ1) is 9.63. The lowest BCUT2D eigenvalue weighted by atomic mass is 9.97. The van der Waals surface area contributed by atoms with Crippen molar-refractivity contribution in [3.63, 3.8) is 0 Å². The maximum Gasteiger partial charge on any atom is 0.417 e. The van der Waals surface area contributed by atoms with Crippen LogP contribution >= 0.6 is 0 Å². The Kier molecular flexibility index (Phi) is 5.33. The van der Waals surface area contributed by atoms with Crippen molar-refractivity contribution in [2.75, 3.05) is 6.54 Å². The van der Waals surface area contributed by atoms with Gasteiger partial charge >= 0.3 is 6.18 Å². The van der Waals surface area contributed by atoms with Crippen molar-refractivity contribution in [2.45, 2.75) is 38.5 Å². The van der Waals surface area contributed by atoms with Crippen LogP contribution in [0.5, 0.6) is 0 Å². The first kappa shape index (κ1) is 17.4. The Labute approximate surface area is 120 Å². The number of hydrogen-bond acceptors (Lipinski definition) is 2. The molecule has 1 aromatic carbocycles. The molecule has 2 N–H and O–H groups in total. The molecule has 0 radical (unpaired) electrons. The number of rotatable bonds is 5. The molecule has 0 atom stereocenters. The van der Waals surface area contributed by atoms with E-state index < -0.39 is 34.6 Å². The largest absolute Gasteiger partial charge is 0.417 e. The van der Waals surface area contributed by atoms with Crippen LogP contribution in [-0.2, 0) is 6.18 Å². The van der Waals surface area contributed by atoms with Crippen LogP contribution in [0.25, 0.3) is 0 Å². The zero-order valence-electron chi connectivity index (χ0n) is 11.7. The van der Waals surface area contributed by atoms with Crippen molar-refractivity contribution in [3.8, 4) is 0 Å². The van der Waals surface area contributed by atoms with Crippen LogP contribution in [0.4, 0.5) is 17.6 Å². The van der Waals surface area contributed by atoms with Gasteiger partial charge in [-0.1, -0.05) is 13.8 Å². The highest BCUT2D eigenvalue weighted by Gasteiger charge is 2.36. The van der Waals surface area contributed by atoms with Gasteiger partial charge in [-0.15, -0.1) is 0 Å². The van der Waals surface area contributed by atoms with Crippen LogP contribution in [0.15, 0.2) is 18.2 Å². The lowest BCUT2D eigenvalue weighted by Crippen LogP contribution is -2.42. The number of benzene rings is 1. The molecule has 1 amide bonds. The van der Waals surface area contributed by atoms with Crippen molar-refractivity contribution < 1.29 is 27.5 Å². The molecule has 0 saturated heterocycles. The first-order valence-corrected chi connectivity index (χ1v) is 6.50. The fourth-order valence-corrected chi connectivity index (χ4v) is 1.79. The number of carbonyl (C=O) groups is 1. The van der Waals surface area contributed by atoms with E-state index in [0.29, 0.717) is 12.8 Å². The van der Waals surface area contributed by atoms with E-state index in [0.717, 1.165) is 12.1 Å². The second-order valence-electron chi connectivity index (χ2n) is 4.80. The van der Waals surface area contributed by atoms with E-state index in [1.807, 2.05) is 0 Å². The maximum absolute atomic E-state index is 13.0. The summed E-state index contributed by atoms with van der Waals surface area (Å²) in [7, 11) is 0. The van der Waals surface area contributed by atoms with E-state index in [-0.39, 0.29) is 12.6 Å². The number of nitrogens with one attached hydrogen (secondary N) is 1. The van der Waals surface area contributed by atoms with Gasteiger partial charge in [0.1, 0.15) is 5.82 Å². The molecule has 0 aliphatic rings. The van der Waals surface area contributed by atoms with Gasteiger partial charge in [-0.2, -0.15) is 13.2 Å². The Morgan fingerprint density at radius 1 is 1.24 bits per heavy atom. The number of hydrogen-bond donors (Lipinski definition) is 2. The minimum absolute atomic E-state index is 0.173. The lowest BCUT2D eigenvalue weighted by Gasteiger charge is -2.25. The predicted octanol–water partition coefficient (Wildman–Crippen LogP) is 3.13. The molecule has 7 heteroatoms. The molecule has 0 saturated carbocycles. The number of carbonyl (C=O) groups excluding carboxylic acids is 1. The van der Waals surface area contributed by atoms with E-state index >= 15 is 0 Å². The summed E-state index contributed by atoms with van der Waals surface area (Å²) in [5.74, 6) is -2.07. The minimum atomic E-state index is -4.83. The Bertz CT molecular complexity index is 510. The lowest BCUT2D eigenvalue weighted by molar-refractivity contribution is -0.138. The smallest absolute Gasteiger partial charge is 0.388 e. The Hall–Kier alpha value is -1.63. The molecule has 0 spiro atoms. The summed E-state index contributed by atoms with van der Waals surface area (Å²) in [5, 5.41) is 12.3. The summed E-state index contributed by atoms with van der Waals surface area (Å²) in [4.78, 5) is 11.9. The average molecular weight is 307 g/mol. The third kappa shape index (κ3) is 4.42. The zero-order valence-corrected chi connectivity index (χ0v) is 11.7. The second-order valence-corrected chi connectivity index (χ2v) is 4.80. The summed E-state index contributed by atoms with van der Waals surface area (Å²) >= 11 is 0. The number of amides is 1. The van der Waals surface area contributed by atoms with Crippen molar-refractivity contribution in [1.82, 2.24) is 5.32 Å². The SMILES string of the molecule is CCC(O)(CC)CNC(=O)c1ccc(F)cc1C(F)(F)F. The topological polar surface area (TPSA) is 49.3 Å². The van der Waals surface area contributed by atoms with Crippen LogP contribution in [0.3, 0.4) is 0 Å². The van der Waals surface area contributed by atoms with Gasteiger partial charge in [0.05, 0.1) is 16.7 Å². The first-order valence-electron chi connectivity index (χ1n) is 6.50. The summed E-state index contributed by atoms with van der Waals surface area (Å²) in [5.41, 5.74) is -3.18. The van der Waals surface area contributed by atoms with Gasteiger partial charge in [0.2, 0.25) is 0 Å². The molecule has 0 aliphatic carbocycles. The summed E-state index contributed by atoms with van der Waals surface area (Å²) in [6, 6.07) is 1.85. The standard InChI is InChI=1S/C14H17F4NO2/c1-3-13(21,4-2)8-19-12(20)10-6-5-9(15)7-11(10)14(16,17)18/h5-7,21H,3-4,8H2,1-2H3,(H,19,20). The molecule has 0 unspecified atom stereocenters. The highest BCUT2D eigenvalue weighted by Crippen LogP contribution is 2.32. The van der Waals surface area contributed by atoms with E-state index in [2.05, 4.69) is 5.32 Å². The monoisotopic (exact) mass is 307 g/mol. The minimum Gasteiger partial charge on any atom is -0.388 e. The van der Waals surface area contributed by atoms with Crippen molar-refractivity contribution in [3.05, 3.63) is 35.1 Å². The maximum atomic E-state index is 13.0. The quantitative estimate of drug-likeness (QED) is 0.821. The van der Waals surface area contributed by atoms with E-state index in [4.69, 9.17) is 0 Å². The molecule has 1 aromatic rings. The van der Waals surface area contributed by atoms with Gasteiger partial charge < -0.3 is 10.4 Å². The molecule has 21 heavy (non-hydrogen) atoms. The van der Waals surface area contributed by atoms with Crippen LogP contribution in [-0.4, -0.2) is 23.2 Å². The van der Waals surface area contributed by atoms with Gasteiger partial charge in [-0.05, 0) is 31.0 Å². The van der Waals surface area contributed by atoms with Crippen LogP contribution in [0.1, 0.15) is 42.6 Å². The van der Waals surface area contributed by atoms with Gasteiger partial charge in [0.15, 0.2) is 0 Å². The van der Waals surface area contributed by atoms with Crippen LogP contribution < -0.4 is 5.32 Å². The Balaban J connectivity index is 2.98. The van der Waals surface area contributed by atoms with Crippen molar-refractivity contribution in [1.29, 1.82) is 0 Å².